The predicted molar refractivity (Wildman–Crippen MR) is 78.6 cm³/mol. The molecule has 0 saturated heterocycles. The van der Waals surface area contributed by atoms with Gasteiger partial charge in [-0.3, -0.25) is 0 Å². The first kappa shape index (κ1) is 18.3. The first-order valence-electron chi connectivity index (χ1n) is 7.22. The first-order valence-corrected chi connectivity index (χ1v) is 8.03. The molecule has 0 aliphatic carbocycles. The Morgan fingerprint density at radius 1 is 0.737 bits per heavy atom. The molecular weight excluding hydrogens is 264 g/mol. The van der Waals surface area contributed by atoms with E-state index in [4.69, 9.17) is 9.47 Å². The molecule has 0 aromatic carbocycles. The molecule has 0 aliphatic rings. The fraction of sp³-hybridized carbons (Fsp3) is 0.857. The van der Waals surface area contributed by atoms with E-state index in [9.17, 15) is 9.59 Å². The second kappa shape index (κ2) is 13.7. The highest BCUT2D eigenvalue weighted by Crippen LogP contribution is 2.11. The zero-order chi connectivity index (χ0) is 14.3. The molecule has 0 amide bonds. The summed E-state index contributed by atoms with van der Waals surface area (Å²) in [4.78, 5) is 22.5. The van der Waals surface area contributed by atoms with Gasteiger partial charge in [-0.05, 0) is 12.8 Å². The standard InChI is InChI=1S/C14H26O4S/c1-3-5-7-9-11-17-13(15)19-14(16)18-12-10-8-6-4-2/h3-12H2,1-2H3. The third-order valence-corrected chi connectivity index (χ3v) is 3.17. The number of rotatable bonds is 10. The summed E-state index contributed by atoms with van der Waals surface area (Å²) in [5, 5.41) is -1.12. The van der Waals surface area contributed by atoms with Crippen LogP contribution in [0.5, 0.6) is 0 Å². The van der Waals surface area contributed by atoms with Gasteiger partial charge < -0.3 is 9.47 Å². The van der Waals surface area contributed by atoms with E-state index in [1.165, 1.54) is 0 Å². The smallest absolute Gasteiger partial charge is 0.378 e. The number of hydrogen-bond donors (Lipinski definition) is 0. The Morgan fingerprint density at radius 2 is 1.16 bits per heavy atom. The van der Waals surface area contributed by atoms with E-state index in [1.807, 2.05) is 0 Å². The lowest BCUT2D eigenvalue weighted by Gasteiger charge is -2.04. The average molecular weight is 290 g/mol. The first-order chi connectivity index (χ1) is 9.20. The van der Waals surface area contributed by atoms with Gasteiger partial charge in [0.05, 0.1) is 25.0 Å². The summed E-state index contributed by atoms with van der Waals surface area (Å²) in [5.74, 6) is 0. The molecule has 0 radical (unpaired) electrons. The summed E-state index contributed by atoms with van der Waals surface area (Å²) >= 11 is 0.505. The second-order valence-corrected chi connectivity index (χ2v) is 5.29. The van der Waals surface area contributed by atoms with Crippen molar-refractivity contribution in [1.29, 1.82) is 0 Å². The van der Waals surface area contributed by atoms with Crippen LogP contribution < -0.4 is 0 Å². The van der Waals surface area contributed by atoms with Crippen molar-refractivity contribution in [3.8, 4) is 0 Å². The number of ether oxygens (including phenoxy) is 2. The van der Waals surface area contributed by atoms with Gasteiger partial charge in [-0.1, -0.05) is 52.4 Å². The molecule has 112 valence electrons. The number of carbonyl (C=O) groups is 2. The molecule has 0 saturated carbocycles. The van der Waals surface area contributed by atoms with Crippen molar-refractivity contribution < 1.29 is 19.1 Å². The number of unbranched alkanes of at least 4 members (excludes halogenated alkanes) is 6. The van der Waals surface area contributed by atoms with Gasteiger partial charge in [-0.15, -0.1) is 0 Å². The van der Waals surface area contributed by atoms with Gasteiger partial charge in [0.15, 0.2) is 0 Å². The second-order valence-electron chi connectivity index (χ2n) is 4.42. The lowest BCUT2D eigenvalue weighted by molar-refractivity contribution is 0.166. The van der Waals surface area contributed by atoms with Crippen LogP contribution in [0.4, 0.5) is 9.59 Å². The summed E-state index contributed by atoms with van der Waals surface area (Å²) < 4.78 is 9.85. The zero-order valence-corrected chi connectivity index (χ0v) is 12.9. The van der Waals surface area contributed by atoms with Crippen LogP contribution in [0.1, 0.15) is 65.2 Å². The van der Waals surface area contributed by atoms with Gasteiger partial charge in [0, 0.05) is 0 Å². The van der Waals surface area contributed by atoms with Crippen LogP contribution in [-0.2, 0) is 9.47 Å². The summed E-state index contributed by atoms with van der Waals surface area (Å²) in [5.41, 5.74) is 0. The molecule has 5 heteroatoms. The normalized spacial score (nSPS) is 10.2. The number of carbonyl (C=O) groups excluding carboxylic acids is 2. The number of thioether (sulfide) groups is 1. The molecule has 0 unspecified atom stereocenters. The average Bonchev–Trinajstić information content (AvgIpc) is 2.38. The van der Waals surface area contributed by atoms with Gasteiger partial charge in [0.2, 0.25) is 0 Å². The van der Waals surface area contributed by atoms with Crippen LogP contribution in [0.25, 0.3) is 0 Å². The molecule has 0 aromatic rings. The van der Waals surface area contributed by atoms with E-state index in [-0.39, 0.29) is 0 Å². The molecule has 0 aromatic heterocycles. The van der Waals surface area contributed by atoms with Crippen molar-refractivity contribution in [2.24, 2.45) is 0 Å². The Labute approximate surface area is 120 Å². The van der Waals surface area contributed by atoms with Gasteiger partial charge in [0.1, 0.15) is 0 Å². The summed E-state index contributed by atoms with van der Waals surface area (Å²) in [7, 11) is 0. The van der Waals surface area contributed by atoms with Gasteiger partial charge in [-0.2, -0.15) is 0 Å². The molecule has 0 aliphatic heterocycles. The van der Waals surface area contributed by atoms with Crippen LogP contribution in [0.15, 0.2) is 0 Å². The molecule has 0 heterocycles. The van der Waals surface area contributed by atoms with Crippen molar-refractivity contribution in [2.75, 3.05) is 13.2 Å². The van der Waals surface area contributed by atoms with Crippen molar-refractivity contribution in [3.63, 3.8) is 0 Å². The SMILES string of the molecule is CCCCCCOC(=O)SC(=O)OCCCCCC. The minimum absolute atomic E-state index is 0.385. The topological polar surface area (TPSA) is 52.6 Å². The van der Waals surface area contributed by atoms with Gasteiger partial charge in [-0.25, -0.2) is 9.59 Å². The maximum atomic E-state index is 11.3. The van der Waals surface area contributed by atoms with Crippen molar-refractivity contribution in [3.05, 3.63) is 0 Å². The molecule has 19 heavy (non-hydrogen) atoms. The highest BCUT2D eigenvalue weighted by Gasteiger charge is 2.12. The van der Waals surface area contributed by atoms with Crippen molar-refractivity contribution in [1.82, 2.24) is 0 Å². The maximum absolute atomic E-state index is 11.3. The zero-order valence-electron chi connectivity index (χ0n) is 12.1. The Bertz CT molecular complexity index is 220. The lowest BCUT2D eigenvalue weighted by atomic mass is 10.2. The van der Waals surface area contributed by atoms with Crippen LogP contribution in [-0.4, -0.2) is 23.8 Å². The van der Waals surface area contributed by atoms with E-state index in [0.717, 1.165) is 51.4 Å². The molecule has 0 N–H and O–H groups in total. The van der Waals surface area contributed by atoms with E-state index >= 15 is 0 Å². The van der Waals surface area contributed by atoms with Crippen LogP contribution in [0.3, 0.4) is 0 Å². The molecule has 0 rings (SSSR count). The molecule has 4 nitrogen and oxygen atoms in total. The summed E-state index contributed by atoms with van der Waals surface area (Å²) in [6, 6.07) is 0. The maximum Gasteiger partial charge on any atom is 0.378 e. The summed E-state index contributed by atoms with van der Waals surface area (Å²) in [6.45, 7) is 5.02. The minimum Gasteiger partial charge on any atom is -0.457 e. The van der Waals surface area contributed by atoms with Gasteiger partial charge >= 0.3 is 10.6 Å². The van der Waals surface area contributed by atoms with E-state index in [0.29, 0.717) is 25.0 Å². The van der Waals surface area contributed by atoms with E-state index in [1.54, 1.807) is 0 Å². The quantitative estimate of drug-likeness (QED) is 0.411. The third kappa shape index (κ3) is 13.5. The molecule has 0 bridgehead atoms. The summed E-state index contributed by atoms with van der Waals surface area (Å²) in [6.07, 6.45) is 8.39. The lowest BCUT2D eigenvalue weighted by Crippen LogP contribution is -2.06. The minimum atomic E-state index is -0.560. The monoisotopic (exact) mass is 290 g/mol. The van der Waals surface area contributed by atoms with Crippen molar-refractivity contribution in [2.45, 2.75) is 65.2 Å². The third-order valence-electron chi connectivity index (χ3n) is 2.60. The Balaban J connectivity index is 3.40. The largest absolute Gasteiger partial charge is 0.457 e. The number of hydrogen-bond acceptors (Lipinski definition) is 5. The molecular formula is C14H26O4S. The van der Waals surface area contributed by atoms with Crippen LogP contribution >= 0.6 is 11.8 Å². The highest BCUT2D eigenvalue weighted by atomic mass is 32.2. The fourth-order valence-corrected chi connectivity index (χ4v) is 1.92. The van der Waals surface area contributed by atoms with Crippen molar-refractivity contribution >= 4 is 22.4 Å². The van der Waals surface area contributed by atoms with Gasteiger partial charge in [0.25, 0.3) is 0 Å². The van der Waals surface area contributed by atoms with Crippen LogP contribution in [0.2, 0.25) is 0 Å². The predicted octanol–water partition coefficient (Wildman–Crippen LogP) is 5.15. The van der Waals surface area contributed by atoms with Crippen LogP contribution in [0, 0.1) is 0 Å². The molecule has 0 fully saturated rings. The van der Waals surface area contributed by atoms with E-state index in [2.05, 4.69) is 13.8 Å². The Kier molecular flexibility index (Phi) is 13.2. The molecule has 0 spiro atoms. The Morgan fingerprint density at radius 3 is 1.53 bits per heavy atom. The molecule has 0 atom stereocenters. The van der Waals surface area contributed by atoms with E-state index < -0.39 is 10.6 Å². The highest BCUT2D eigenvalue weighted by molar-refractivity contribution is 8.25. The Hall–Kier alpha value is -0.710. The fourth-order valence-electron chi connectivity index (χ4n) is 1.50.